The molecule has 1 saturated heterocycles. The zero-order valence-electron chi connectivity index (χ0n) is 14.4. The number of amides is 1. The summed E-state index contributed by atoms with van der Waals surface area (Å²) in [7, 11) is -3.37. The highest BCUT2D eigenvalue weighted by molar-refractivity contribution is 7.88. The van der Waals surface area contributed by atoms with Crippen molar-refractivity contribution in [3.63, 3.8) is 0 Å². The molecule has 0 aliphatic carbocycles. The second-order valence-corrected chi connectivity index (χ2v) is 8.65. The predicted octanol–water partition coefficient (Wildman–Crippen LogP) is 1.83. The number of nitrogens with zero attached hydrogens (tertiary/aromatic N) is 1. The molecule has 2 rings (SSSR count). The second kappa shape index (κ2) is 9.52. The van der Waals surface area contributed by atoms with E-state index < -0.39 is 10.0 Å². The standard InChI is InChI=1S/C17H25ClN2O4S/c1-25(22,23)20(10-8-14-4-6-15(18)7-5-14)11-9-17(21)19-13-16-3-2-12-24-16/h4-7,16H,2-3,8-13H2,1H3,(H,19,21). The molecule has 0 bridgehead atoms. The van der Waals surface area contributed by atoms with Crippen molar-refractivity contribution in [2.24, 2.45) is 0 Å². The van der Waals surface area contributed by atoms with Crippen LogP contribution in [0.3, 0.4) is 0 Å². The van der Waals surface area contributed by atoms with Crippen molar-refractivity contribution in [3.8, 4) is 0 Å². The van der Waals surface area contributed by atoms with Crippen molar-refractivity contribution < 1.29 is 17.9 Å². The van der Waals surface area contributed by atoms with Gasteiger partial charge < -0.3 is 10.1 Å². The molecule has 6 nitrogen and oxygen atoms in total. The molecule has 1 amide bonds. The Morgan fingerprint density at radius 1 is 1.32 bits per heavy atom. The topological polar surface area (TPSA) is 75.7 Å². The van der Waals surface area contributed by atoms with Gasteiger partial charge in [-0.2, -0.15) is 0 Å². The number of carbonyl (C=O) groups is 1. The first kappa shape index (κ1) is 20.2. The zero-order valence-corrected chi connectivity index (χ0v) is 16.0. The number of nitrogens with one attached hydrogen (secondary N) is 1. The van der Waals surface area contributed by atoms with Gasteiger partial charge in [-0.15, -0.1) is 0 Å². The minimum atomic E-state index is -3.37. The molecule has 1 heterocycles. The number of sulfonamides is 1. The van der Waals surface area contributed by atoms with E-state index in [-0.39, 0.29) is 25.0 Å². The van der Waals surface area contributed by atoms with Crippen molar-refractivity contribution in [1.82, 2.24) is 9.62 Å². The largest absolute Gasteiger partial charge is 0.376 e. The minimum absolute atomic E-state index is 0.0832. The van der Waals surface area contributed by atoms with Crippen LogP contribution in [-0.2, 0) is 26.0 Å². The third kappa shape index (κ3) is 7.32. The van der Waals surface area contributed by atoms with E-state index in [1.165, 1.54) is 10.6 Å². The molecule has 1 N–H and O–H groups in total. The Hall–Kier alpha value is -1.15. The molecule has 140 valence electrons. The van der Waals surface area contributed by atoms with Crippen LogP contribution in [0.2, 0.25) is 5.02 Å². The van der Waals surface area contributed by atoms with Crippen LogP contribution in [0.25, 0.3) is 0 Å². The number of halogens is 1. The van der Waals surface area contributed by atoms with Crippen molar-refractivity contribution >= 4 is 27.5 Å². The number of hydrogen-bond acceptors (Lipinski definition) is 4. The van der Waals surface area contributed by atoms with E-state index in [1.807, 2.05) is 12.1 Å². The molecule has 1 atom stereocenters. The van der Waals surface area contributed by atoms with Crippen molar-refractivity contribution in [1.29, 1.82) is 0 Å². The van der Waals surface area contributed by atoms with Gasteiger partial charge in [0.1, 0.15) is 0 Å². The Kier molecular flexibility index (Phi) is 7.68. The first-order valence-electron chi connectivity index (χ1n) is 8.42. The van der Waals surface area contributed by atoms with Gasteiger partial charge in [0.25, 0.3) is 0 Å². The molecule has 1 aromatic rings. The van der Waals surface area contributed by atoms with E-state index >= 15 is 0 Å². The molecule has 1 unspecified atom stereocenters. The highest BCUT2D eigenvalue weighted by Gasteiger charge is 2.19. The van der Waals surface area contributed by atoms with Gasteiger partial charge in [0.05, 0.1) is 12.4 Å². The highest BCUT2D eigenvalue weighted by Crippen LogP contribution is 2.12. The van der Waals surface area contributed by atoms with Crippen LogP contribution in [0.4, 0.5) is 0 Å². The fourth-order valence-corrected chi connectivity index (χ4v) is 3.67. The average Bonchev–Trinajstić information content (AvgIpc) is 3.06. The van der Waals surface area contributed by atoms with E-state index in [0.29, 0.717) is 24.5 Å². The van der Waals surface area contributed by atoms with Gasteiger partial charge in [-0.25, -0.2) is 12.7 Å². The molecule has 0 saturated carbocycles. The monoisotopic (exact) mass is 388 g/mol. The van der Waals surface area contributed by atoms with Crippen LogP contribution in [0, 0.1) is 0 Å². The molecule has 0 radical (unpaired) electrons. The van der Waals surface area contributed by atoms with Crippen LogP contribution >= 0.6 is 11.6 Å². The van der Waals surface area contributed by atoms with Crippen LogP contribution in [-0.4, -0.2) is 57.2 Å². The third-order valence-electron chi connectivity index (χ3n) is 4.17. The van der Waals surface area contributed by atoms with E-state index in [2.05, 4.69) is 5.32 Å². The molecule has 1 aliphatic rings. The molecule has 1 aromatic carbocycles. The number of carbonyl (C=O) groups excluding carboxylic acids is 1. The summed E-state index contributed by atoms with van der Waals surface area (Å²) in [6.45, 7) is 1.73. The number of hydrogen-bond donors (Lipinski definition) is 1. The van der Waals surface area contributed by atoms with Gasteiger partial charge in [0.15, 0.2) is 0 Å². The van der Waals surface area contributed by atoms with Gasteiger partial charge in [-0.3, -0.25) is 4.79 Å². The van der Waals surface area contributed by atoms with Crippen molar-refractivity contribution in [2.45, 2.75) is 31.8 Å². The first-order chi connectivity index (χ1) is 11.8. The normalized spacial score (nSPS) is 17.8. The van der Waals surface area contributed by atoms with Crippen molar-refractivity contribution in [2.75, 3.05) is 32.5 Å². The van der Waals surface area contributed by atoms with E-state index in [9.17, 15) is 13.2 Å². The maximum atomic E-state index is 11.9. The third-order valence-corrected chi connectivity index (χ3v) is 5.73. The Morgan fingerprint density at radius 2 is 2.04 bits per heavy atom. The fourth-order valence-electron chi connectivity index (χ4n) is 2.70. The summed E-state index contributed by atoms with van der Waals surface area (Å²) in [6, 6.07) is 7.30. The molecular weight excluding hydrogens is 364 g/mol. The van der Waals surface area contributed by atoms with E-state index in [4.69, 9.17) is 16.3 Å². The summed E-state index contributed by atoms with van der Waals surface area (Å²) in [6.07, 6.45) is 3.94. The molecule has 0 aromatic heterocycles. The summed E-state index contributed by atoms with van der Waals surface area (Å²) >= 11 is 5.85. The van der Waals surface area contributed by atoms with E-state index in [0.717, 1.165) is 25.0 Å². The summed E-state index contributed by atoms with van der Waals surface area (Å²) in [4.78, 5) is 11.9. The Bertz CT molecular complexity index is 658. The first-order valence-corrected chi connectivity index (χ1v) is 10.6. The zero-order chi connectivity index (χ0) is 18.3. The van der Waals surface area contributed by atoms with Gasteiger partial charge in [-0.05, 0) is 37.0 Å². The maximum Gasteiger partial charge on any atom is 0.221 e. The molecule has 1 aliphatic heterocycles. The van der Waals surface area contributed by atoms with Gasteiger partial charge >= 0.3 is 0 Å². The van der Waals surface area contributed by atoms with Gasteiger partial charge in [0.2, 0.25) is 15.9 Å². The lowest BCUT2D eigenvalue weighted by Crippen LogP contribution is -2.37. The van der Waals surface area contributed by atoms with Crippen molar-refractivity contribution in [3.05, 3.63) is 34.9 Å². The minimum Gasteiger partial charge on any atom is -0.376 e. The molecule has 8 heteroatoms. The Morgan fingerprint density at radius 3 is 2.64 bits per heavy atom. The predicted molar refractivity (Wildman–Crippen MR) is 98.2 cm³/mol. The quantitative estimate of drug-likeness (QED) is 0.700. The van der Waals surface area contributed by atoms with E-state index in [1.54, 1.807) is 12.1 Å². The summed E-state index contributed by atoms with van der Waals surface area (Å²) in [5, 5.41) is 3.46. The average molecular weight is 389 g/mol. The second-order valence-electron chi connectivity index (χ2n) is 6.23. The Labute approximate surface area is 154 Å². The summed E-state index contributed by atoms with van der Waals surface area (Å²) in [5.74, 6) is -0.157. The van der Waals surface area contributed by atoms with Crippen LogP contribution in [0.1, 0.15) is 24.8 Å². The molecule has 1 fully saturated rings. The SMILES string of the molecule is CS(=O)(=O)N(CCC(=O)NCC1CCCO1)CCc1ccc(Cl)cc1. The number of rotatable bonds is 9. The highest BCUT2D eigenvalue weighted by atomic mass is 35.5. The Balaban J connectivity index is 1.78. The summed E-state index contributed by atoms with van der Waals surface area (Å²) < 4.78 is 30.7. The van der Waals surface area contributed by atoms with Crippen LogP contribution in [0.5, 0.6) is 0 Å². The van der Waals surface area contributed by atoms with Crippen LogP contribution < -0.4 is 5.32 Å². The maximum absolute atomic E-state index is 11.9. The molecule has 25 heavy (non-hydrogen) atoms. The van der Waals surface area contributed by atoms with Gasteiger partial charge in [-0.1, -0.05) is 23.7 Å². The lowest BCUT2D eigenvalue weighted by molar-refractivity contribution is -0.121. The van der Waals surface area contributed by atoms with Gasteiger partial charge in [0, 0.05) is 37.7 Å². The molecule has 0 spiro atoms. The summed E-state index contributed by atoms with van der Waals surface area (Å²) in [5.41, 5.74) is 1.00. The smallest absolute Gasteiger partial charge is 0.221 e. The van der Waals surface area contributed by atoms with Crippen LogP contribution in [0.15, 0.2) is 24.3 Å². The number of ether oxygens (including phenoxy) is 1. The lowest BCUT2D eigenvalue weighted by Gasteiger charge is -2.20. The lowest BCUT2D eigenvalue weighted by atomic mass is 10.1. The molecular formula is C17H25ClN2O4S. The fraction of sp³-hybridized carbons (Fsp3) is 0.588. The number of benzene rings is 1.